The zero-order chi connectivity index (χ0) is 14.8. The molecule has 0 bridgehead atoms. The largest absolute Gasteiger partial charge is 0.283 e. The van der Waals surface area contributed by atoms with Crippen molar-refractivity contribution in [3.05, 3.63) is 36.0 Å². The Morgan fingerprint density at radius 2 is 2.10 bits per heavy atom. The molecule has 1 unspecified atom stereocenters. The second-order valence-electron chi connectivity index (χ2n) is 4.97. The number of hydrogen-bond donors (Lipinski definition) is 1. The molecule has 0 amide bonds. The van der Waals surface area contributed by atoms with Gasteiger partial charge in [0, 0.05) is 17.5 Å². The van der Waals surface area contributed by atoms with Gasteiger partial charge in [-0.1, -0.05) is 13.0 Å². The molecule has 1 aromatic heterocycles. The highest BCUT2D eigenvalue weighted by Gasteiger charge is 2.16. The monoisotopic (exact) mass is 312 g/mol. The lowest BCUT2D eigenvalue weighted by atomic mass is 10.1. The van der Waals surface area contributed by atoms with Crippen molar-refractivity contribution in [3.63, 3.8) is 0 Å². The Morgan fingerprint density at radius 3 is 2.80 bits per heavy atom. The number of aryl methyl sites for hydroxylation is 1. The summed E-state index contributed by atoms with van der Waals surface area (Å²) in [6.07, 6.45) is 1.70. The Kier molecular flexibility index (Phi) is 4.50. The number of fused-ring (bicyclic) bond motifs is 1. The van der Waals surface area contributed by atoms with Crippen LogP contribution in [0.1, 0.15) is 12.5 Å². The molecular formula is C14H17ClN2O2S. The minimum absolute atomic E-state index is 0.00608. The maximum atomic E-state index is 12.1. The number of hydrogen-bond acceptors (Lipinski definition) is 3. The average molecular weight is 313 g/mol. The molecule has 6 heteroatoms. The molecule has 0 aliphatic carbocycles. The lowest BCUT2D eigenvalue weighted by Gasteiger charge is -2.13. The highest BCUT2D eigenvalue weighted by molar-refractivity contribution is 7.92. The molecule has 0 saturated carbocycles. The van der Waals surface area contributed by atoms with Crippen molar-refractivity contribution in [3.8, 4) is 0 Å². The number of halogens is 1. The van der Waals surface area contributed by atoms with Crippen molar-refractivity contribution in [2.75, 3.05) is 16.4 Å². The molecule has 2 aromatic rings. The van der Waals surface area contributed by atoms with Gasteiger partial charge in [0.25, 0.3) is 0 Å². The van der Waals surface area contributed by atoms with E-state index in [4.69, 9.17) is 11.6 Å². The van der Waals surface area contributed by atoms with Crippen LogP contribution in [0.2, 0.25) is 0 Å². The summed E-state index contributed by atoms with van der Waals surface area (Å²) in [6.45, 7) is 3.75. The van der Waals surface area contributed by atoms with Gasteiger partial charge in [-0.3, -0.25) is 9.71 Å². The van der Waals surface area contributed by atoms with Crippen LogP contribution in [0.25, 0.3) is 10.9 Å². The van der Waals surface area contributed by atoms with Gasteiger partial charge in [0.05, 0.1) is 17.0 Å². The first kappa shape index (κ1) is 15.1. The van der Waals surface area contributed by atoms with Crippen molar-refractivity contribution in [1.82, 2.24) is 4.98 Å². The number of alkyl halides is 1. The number of nitrogens with zero attached hydrogens (tertiary/aromatic N) is 1. The van der Waals surface area contributed by atoms with E-state index >= 15 is 0 Å². The van der Waals surface area contributed by atoms with E-state index < -0.39 is 10.0 Å². The minimum atomic E-state index is -3.41. The Balaban J connectivity index is 2.38. The van der Waals surface area contributed by atoms with Crippen molar-refractivity contribution < 1.29 is 8.42 Å². The number of benzene rings is 1. The fraction of sp³-hybridized carbons (Fsp3) is 0.357. The number of pyridine rings is 1. The molecule has 1 atom stereocenters. The molecule has 0 fully saturated rings. The van der Waals surface area contributed by atoms with Gasteiger partial charge in [0.15, 0.2) is 0 Å². The lowest BCUT2D eigenvalue weighted by molar-refractivity contribution is 0.588. The molecule has 0 aliphatic rings. The standard InChI is InChI=1S/C14H17ClN2O2S/c1-10(8-15)9-20(18,19)17-13-6-5-11(2)14-12(13)4-3-7-16-14/h3-7,10,17H,8-9H2,1-2H3. The van der Waals surface area contributed by atoms with Gasteiger partial charge >= 0.3 is 0 Å². The van der Waals surface area contributed by atoms with Gasteiger partial charge in [0.2, 0.25) is 10.0 Å². The number of sulfonamides is 1. The van der Waals surface area contributed by atoms with Gasteiger partial charge in [-0.2, -0.15) is 0 Å². The van der Waals surface area contributed by atoms with Crippen LogP contribution >= 0.6 is 11.6 Å². The van der Waals surface area contributed by atoms with Gasteiger partial charge in [-0.05, 0) is 36.6 Å². The second-order valence-corrected chi connectivity index (χ2v) is 7.05. The van der Waals surface area contributed by atoms with Crippen molar-refractivity contribution in [2.24, 2.45) is 5.92 Å². The molecule has 2 rings (SSSR count). The number of rotatable bonds is 5. The van der Waals surface area contributed by atoms with E-state index in [2.05, 4.69) is 9.71 Å². The molecule has 108 valence electrons. The average Bonchev–Trinajstić information content (AvgIpc) is 2.41. The second kappa shape index (κ2) is 5.97. The predicted molar refractivity (Wildman–Crippen MR) is 83.8 cm³/mol. The highest BCUT2D eigenvalue weighted by Crippen LogP contribution is 2.25. The van der Waals surface area contributed by atoms with E-state index in [-0.39, 0.29) is 11.7 Å². The van der Waals surface area contributed by atoms with Crippen LogP contribution in [0.4, 0.5) is 5.69 Å². The maximum Gasteiger partial charge on any atom is 0.233 e. The smallest absolute Gasteiger partial charge is 0.233 e. The molecule has 0 aliphatic heterocycles. The summed E-state index contributed by atoms with van der Waals surface area (Å²) in [6, 6.07) is 7.28. The van der Waals surface area contributed by atoms with E-state index in [9.17, 15) is 8.42 Å². The number of aromatic nitrogens is 1. The van der Waals surface area contributed by atoms with Crippen LogP contribution in [-0.2, 0) is 10.0 Å². The summed E-state index contributed by atoms with van der Waals surface area (Å²) in [4.78, 5) is 4.29. The Labute approximate surface area is 124 Å². The van der Waals surface area contributed by atoms with E-state index in [1.807, 2.05) is 19.1 Å². The summed E-state index contributed by atoms with van der Waals surface area (Å²) in [7, 11) is -3.41. The fourth-order valence-electron chi connectivity index (χ4n) is 2.03. The van der Waals surface area contributed by atoms with Gasteiger partial charge < -0.3 is 0 Å². The van der Waals surface area contributed by atoms with Crippen LogP contribution in [0, 0.1) is 12.8 Å². The molecule has 0 spiro atoms. The highest BCUT2D eigenvalue weighted by atomic mass is 35.5. The molecular weight excluding hydrogens is 296 g/mol. The quantitative estimate of drug-likeness (QED) is 0.863. The number of anilines is 1. The Hall–Kier alpha value is -1.33. The van der Waals surface area contributed by atoms with Crippen LogP contribution in [0.5, 0.6) is 0 Å². The maximum absolute atomic E-state index is 12.1. The molecule has 0 saturated heterocycles. The fourth-order valence-corrected chi connectivity index (χ4v) is 3.73. The predicted octanol–water partition coefficient (Wildman–Crippen LogP) is 3.16. The first-order chi connectivity index (χ1) is 9.43. The van der Waals surface area contributed by atoms with Crippen molar-refractivity contribution in [1.29, 1.82) is 0 Å². The summed E-state index contributed by atoms with van der Waals surface area (Å²) < 4.78 is 26.8. The lowest BCUT2D eigenvalue weighted by Crippen LogP contribution is -2.22. The van der Waals surface area contributed by atoms with E-state index in [0.717, 1.165) is 16.5 Å². The van der Waals surface area contributed by atoms with Crippen molar-refractivity contribution >= 4 is 38.2 Å². The zero-order valence-electron chi connectivity index (χ0n) is 11.4. The first-order valence-corrected chi connectivity index (χ1v) is 8.52. The molecule has 20 heavy (non-hydrogen) atoms. The van der Waals surface area contributed by atoms with E-state index in [0.29, 0.717) is 11.6 Å². The zero-order valence-corrected chi connectivity index (χ0v) is 13.0. The number of nitrogens with one attached hydrogen (secondary N) is 1. The van der Waals surface area contributed by atoms with Gasteiger partial charge in [-0.15, -0.1) is 11.6 Å². The van der Waals surface area contributed by atoms with Gasteiger partial charge in [-0.25, -0.2) is 8.42 Å². The third-order valence-electron chi connectivity index (χ3n) is 3.00. The Bertz CT molecular complexity index is 716. The third kappa shape index (κ3) is 3.41. The Morgan fingerprint density at radius 1 is 1.35 bits per heavy atom. The van der Waals surface area contributed by atoms with E-state index in [1.54, 1.807) is 25.3 Å². The summed E-state index contributed by atoms with van der Waals surface area (Å²) in [5, 5.41) is 0.801. The van der Waals surface area contributed by atoms with Gasteiger partial charge in [0.1, 0.15) is 0 Å². The molecule has 1 heterocycles. The molecule has 1 aromatic carbocycles. The summed E-state index contributed by atoms with van der Waals surface area (Å²) >= 11 is 5.67. The van der Waals surface area contributed by atoms with Crippen LogP contribution in [0.3, 0.4) is 0 Å². The summed E-state index contributed by atoms with van der Waals surface area (Å²) in [5.74, 6) is 0.229. The first-order valence-electron chi connectivity index (χ1n) is 6.34. The normalized spacial score (nSPS) is 13.3. The van der Waals surface area contributed by atoms with Crippen LogP contribution in [-0.4, -0.2) is 25.0 Å². The van der Waals surface area contributed by atoms with E-state index in [1.165, 1.54) is 0 Å². The SMILES string of the molecule is Cc1ccc(NS(=O)(=O)CC(C)CCl)c2cccnc12. The molecule has 1 N–H and O–H groups in total. The molecule has 4 nitrogen and oxygen atoms in total. The third-order valence-corrected chi connectivity index (χ3v) is 5.07. The summed E-state index contributed by atoms with van der Waals surface area (Å²) in [5.41, 5.74) is 2.37. The van der Waals surface area contributed by atoms with Crippen LogP contribution < -0.4 is 4.72 Å². The van der Waals surface area contributed by atoms with Crippen molar-refractivity contribution in [2.45, 2.75) is 13.8 Å². The molecule has 0 radical (unpaired) electrons. The topological polar surface area (TPSA) is 59.1 Å². The minimum Gasteiger partial charge on any atom is -0.283 e. The van der Waals surface area contributed by atoms with Crippen LogP contribution in [0.15, 0.2) is 30.5 Å².